The Hall–Kier alpha value is 0.300. The average Bonchev–Trinajstić information content (AvgIpc) is 1.33. The normalized spacial score (nSPS) is 5.38. The van der Waals surface area contributed by atoms with Gasteiger partial charge in [-0.1, -0.05) is 0 Å². The Morgan fingerprint density at radius 3 is 1.50 bits per heavy atom. The summed E-state index contributed by atoms with van der Waals surface area (Å²) in [5.41, 5.74) is 0. The van der Waals surface area contributed by atoms with Crippen LogP contribution in [-0.2, 0) is 4.79 Å². The van der Waals surface area contributed by atoms with Crippen molar-refractivity contribution in [1.82, 2.24) is 0 Å². The minimum Gasteiger partial charge on any atom is -0.481 e. The molecule has 0 bridgehead atoms. The molecule has 0 heterocycles. The highest BCUT2D eigenvalue weighted by Gasteiger charge is 1.65. The van der Waals surface area contributed by atoms with Crippen LogP contribution in [0.25, 0.3) is 0 Å². The van der Waals surface area contributed by atoms with Crippen molar-refractivity contribution in [1.29, 1.82) is 0 Å². The van der Waals surface area contributed by atoms with Gasteiger partial charge in [0, 0.05) is 6.92 Å². The van der Waals surface area contributed by atoms with Gasteiger partial charge in [-0.3, -0.25) is 4.79 Å². The van der Waals surface area contributed by atoms with E-state index in [1.54, 1.807) is 11.8 Å². The standard InChI is InChI=1S/C2H4O2.C2H6S.BrH/c1-2(3)4;1-3-2;/h1H3,(H,3,4);1-2H3;1H. The molecule has 0 aromatic rings. The molecule has 1 N–H and O–H groups in total. The Morgan fingerprint density at radius 1 is 1.50 bits per heavy atom. The second-order valence-electron chi connectivity index (χ2n) is 0.927. The quantitative estimate of drug-likeness (QED) is 0.650. The zero-order chi connectivity index (χ0) is 6.28. The molecule has 0 saturated heterocycles. The molecule has 0 rings (SSSR count). The molecule has 0 aliphatic carbocycles. The first-order valence-electron chi connectivity index (χ1n) is 1.74. The molecule has 2 nitrogen and oxygen atoms in total. The average molecular weight is 203 g/mol. The van der Waals surface area contributed by atoms with Crippen molar-refractivity contribution in [2.45, 2.75) is 6.92 Å². The second kappa shape index (κ2) is 15.7. The lowest BCUT2D eigenvalue weighted by molar-refractivity contribution is -0.134. The number of aliphatic carboxylic acids is 1. The van der Waals surface area contributed by atoms with Gasteiger partial charge in [-0.2, -0.15) is 11.8 Å². The van der Waals surface area contributed by atoms with E-state index in [0.29, 0.717) is 0 Å². The molecule has 0 atom stereocenters. The molecule has 0 aliphatic heterocycles. The van der Waals surface area contributed by atoms with Crippen LogP contribution < -0.4 is 0 Å². The fourth-order valence-corrected chi connectivity index (χ4v) is 0. The second-order valence-corrected chi connectivity index (χ2v) is 1.74. The molecule has 52 valence electrons. The van der Waals surface area contributed by atoms with Crippen molar-refractivity contribution >= 4 is 34.7 Å². The van der Waals surface area contributed by atoms with Crippen LogP contribution in [0.2, 0.25) is 0 Å². The highest BCUT2D eigenvalue weighted by molar-refractivity contribution is 8.93. The van der Waals surface area contributed by atoms with E-state index in [-0.39, 0.29) is 17.0 Å². The van der Waals surface area contributed by atoms with Gasteiger partial charge in [-0.15, -0.1) is 17.0 Å². The van der Waals surface area contributed by atoms with Crippen LogP contribution in [-0.4, -0.2) is 23.6 Å². The van der Waals surface area contributed by atoms with Crippen molar-refractivity contribution in [2.75, 3.05) is 12.5 Å². The number of carboxylic acid groups (broad SMARTS) is 1. The van der Waals surface area contributed by atoms with Gasteiger partial charge in [-0.05, 0) is 12.5 Å². The molecule has 0 fully saturated rings. The van der Waals surface area contributed by atoms with E-state index in [2.05, 4.69) is 0 Å². The monoisotopic (exact) mass is 202 g/mol. The summed E-state index contributed by atoms with van der Waals surface area (Å²) < 4.78 is 0. The first kappa shape index (κ1) is 15.7. The maximum atomic E-state index is 9.00. The van der Waals surface area contributed by atoms with E-state index in [1.165, 1.54) is 0 Å². The van der Waals surface area contributed by atoms with E-state index >= 15 is 0 Å². The molecule has 4 heteroatoms. The predicted octanol–water partition coefficient (Wildman–Crippen LogP) is 1.65. The maximum Gasteiger partial charge on any atom is 0.300 e. The molecule has 0 radical (unpaired) electrons. The SMILES string of the molecule is Br.CC(=O)O.CSC. The van der Waals surface area contributed by atoms with E-state index in [1.807, 2.05) is 12.5 Å². The molecule has 0 amide bonds. The maximum absolute atomic E-state index is 9.00. The van der Waals surface area contributed by atoms with Crippen LogP contribution >= 0.6 is 28.7 Å². The molecule has 0 saturated carbocycles. The number of hydrogen-bond donors (Lipinski definition) is 1. The van der Waals surface area contributed by atoms with Gasteiger partial charge in [0.05, 0.1) is 0 Å². The largest absolute Gasteiger partial charge is 0.481 e. The molecular formula is C4H11BrO2S. The summed E-state index contributed by atoms with van der Waals surface area (Å²) in [4.78, 5) is 9.00. The lowest BCUT2D eigenvalue weighted by Crippen LogP contribution is -1.78. The Kier molecular flexibility index (Phi) is 30.8. The fourth-order valence-electron chi connectivity index (χ4n) is 0. The summed E-state index contributed by atoms with van der Waals surface area (Å²) in [5, 5.41) is 7.42. The topological polar surface area (TPSA) is 37.3 Å². The molecule has 0 unspecified atom stereocenters. The number of carbonyl (C=O) groups is 1. The summed E-state index contributed by atoms with van der Waals surface area (Å²) in [6, 6.07) is 0. The van der Waals surface area contributed by atoms with Crippen LogP contribution in [0.3, 0.4) is 0 Å². The van der Waals surface area contributed by atoms with Crippen LogP contribution in [0.4, 0.5) is 0 Å². The lowest BCUT2D eigenvalue weighted by Gasteiger charge is -1.59. The van der Waals surface area contributed by atoms with Gasteiger partial charge in [0.15, 0.2) is 0 Å². The third-order valence-electron chi connectivity index (χ3n) is 0. The van der Waals surface area contributed by atoms with Gasteiger partial charge in [-0.25, -0.2) is 0 Å². The van der Waals surface area contributed by atoms with Crippen LogP contribution in [0, 0.1) is 0 Å². The van der Waals surface area contributed by atoms with E-state index in [0.717, 1.165) is 6.92 Å². The van der Waals surface area contributed by atoms with Crippen molar-refractivity contribution in [3.8, 4) is 0 Å². The van der Waals surface area contributed by atoms with Gasteiger partial charge in [0.1, 0.15) is 0 Å². The molecule has 0 aromatic carbocycles. The molecule has 0 aliphatic rings. The van der Waals surface area contributed by atoms with Crippen LogP contribution in [0.5, 0.6) is 0 Å². The van der Waals surface area contributed by atoms with Crippen molar-refractivity contribution in [2.24, 2.45) is 0 Å². The molecule has 0 aromatic heterocycles. The third-order valence-corrected chi connectivity index (χ3v) is 0. The highest BCUT2D eigenvalue weighted by Crippen LogP contribution is 1.70. The zero-order valence-electron chi connectivity index (χ0n) is 5.17. The Labute approximate surface area is 64.4 Å². The minimum atomic E-state index is -0.833. The number of thioether (sulfide) groups is 1. The third kappa shape index (κ3) is 1970. The molecule has 0 spiro atoms. The van der Waals surface area contributed by atoms with Crippen molar-refractivity contribution < 1.29 is 9.90 Å². The smallest absolute Gasteiger partial charge is 0.300 e. The van der Waals surface area contributed by atoms with Crippen molar-refractivity contribution in [3.05, 3.63) is 0 Å². The van der Waals surface area contributed by atoms with E-state index in [4.69, 9.17) is 9.90 Å². The number of rotatable bonds is 0. The number of carboxylic acids is 1. The first-order chi connectivity index (χ1) is 3.15. The molecule has 8 heavy (non-hydrogen) atoms. The zero-order valence-corrected chi connectivity index (χ0v) is 7.70. The Bertz CT molecular complexity index is 45.3. The summed E-state index contributed by atoms with van der Waals surface area (Å²) in [6.45, 7) is 1.08. The summed E-state index contributed by atoms with van der Waals surface area (Å²) in [7, 11) is 0. The minimum absolute atomic E-state index is 0. The van der Waals surface area contributed by atoms with E-state index < -0.39 is 5.97 Å². The fraction of sp³-hybridized carbons (Fsp3) is 0.750. The van der Waals surface area contributed by atoms with Crippen LogP contribution in [0.1, 0.15) is 6.92 Å². The summed E-state index contributed by atoms with van der Waals surface area (Å²) in [5.74, 6) is -0.833. The molecular weight excluding hydrogens is 192 g/mol. The predicted molar refractivity (Wildman–Crippen MR) is 43.1 cm³/mol. The Morgan fingerprint density at radius 2 is 1.50 bits per heavy atom. The summed E-state index contributed by atoms with van der Waals surface area (Å²) in [6.07, 6.45) is 4.08. The van der Waals surface area contributed by atoms with Gasteiger partial charge in [0.25, 0.3) is 5.97 Å². The van der Waals surface area contributed by atoms with Crippen molar-refractivity contribution in [3.63, 3.8) is 0 Å². The Balaban J connectivity index is -0.0000000575. The van der Waals surface area contributed by atoms with Crippen LogP contribution in [0.15, 0.2) is 0 Å². The van der Waals surface area contributed by atoms with Gasteiger partial charge < -0.3 is 5.11 Å². The number of halogens is 1. The lowest BCUT2D eigenvalue weighted by atomic mass is 10.9. The first-order valence-corrected chi connectivity index (χ1v) is 3.38. The summed E-state index contributed by atoms with van der Waals surface area (Å²) >= 11 is 1.75. The van der Waals surface area contributed by atoms with Gasteiger partial charge >= 0.3 is 0 Å². The number of hydrogen-bond acceptors (Lipinski definition) is 2. The van der Waals surface area contributed by atoms with Gasteiger partial charge in [0.2, 0.25) is 0 Å². The highest BCUT2D eigenvalue weighted by atomic mass is 79.9. The van der Waals surface area contributed by atoms with E-state index in [9.17, 15) is 0 Å².